The average Bonchev–Trinajstić information content (AvgIpc) is 2.80. The number of likely N-dealkylation sites (N-methyl/N-ethyl adjacent to an activating group) is 1. The van der Waals surface area contributed by atoms with Crippen LogP contribution in [0.1, 0.15) is 12.0 Å². The molecule has 1 heterocycles. The molecule has 0 radical (unpaired) electrons. The first-order valence-corrected chi connectivity index (χ1v) is 8.99. The van der Waals surface area contributed by atoms with E-state index in [1.54, 1.807) is 0 Å². The number of hydrogen-bond donors (Lipinski definition) is 1. The molecule has 1 N–H and O–H groups in total. The van der Waals surface area contributed by atoms with Gasteiger partial charge in [-0.2, -0.15) is 0 Å². The quantitative estimate of drug-likeness (QED) is 0.802. The summed E-state index contributed by atoms with van der Waals surface area (Å²) in [5, 5.41) is 9.97. The molecule has 1 aromatic carbocycles. The van der Waals surface area contributed by atoms with Gasteiger partial charge in [-0.1, -0.05) is 30.3 Å². The van der Waals surface area contributed by atoms with E-state index in [2.05, 4.69) is 0 Å². The summed E-state index contributed by atoms with van der Waals surface area (Å²) in [7, 11) is -1.03. The summed E-state index contributed by atoms with van der Waals surface area (Å²) in [6.45, 7) is 1.15. The third kappa shape index (κ3) is 5.39. The van der Waals surface area contributed by atoms with Crippen molar-refractivity contribution in [1.29, 1.82) is 0 Å². The van der Waals surface area contributed by atoms with Crippen molar-refractivity contribution in [3.63, 3.8) is 0 Å². The zero-order valence-corrected chi connectivity index (χ0v) is 13.1. The standard InChI is InChI=1S/C15H23NO4S/c1-16(14-7-8-21(18,19)12-14)9-15(17)11-20-10-13-5-3-2-4-6-13/h2-6,14-15,17H,7-12H2,1H3. The van der Waals surface area contributed by atoms with Gasteiger partial charge < -0.3 is 9.84 Å². The van der Waals surface area contributed by atoms with E-state index in [1.807, 2.05) is 42.3 Å². The van der Waals surface area contributed by atoms with Crippen molar-refractivity contribution in [3.05, 3.63) is 35.9 Å². The maximum Gasteiger partial charge on any atom is 0.151 e. The van der Waals surface area contributed by atoms with Crippen molar-refractivity contribution in [2.75, 3.05) is 31.7 Å². The second-order valence-electron chi connectivity index (χ2n) is 5.65. The van der Waals surface area contributed by atoms with Crippen molar-refractivity contribution < 1.29 is 18.3 Å². The molecule has 1 fully saturated rings. The van der Waals surface area contributed by atoms with Crippen molar-refractivity contribution in [2.45, 2.75) is 25.2 Å². The largest absolute Gasteiger partial charge is 0.389 e. The molecule has 5 nitrogen and oxygen atoms in total. The summed E-state index contributed by atoms with van der Waals surface area (Å²) in [6, 6.07) is 9.80. The van der Waals surface area contributed by atoms with E-state index in [1.165, 1.54) is 0 Å². The van der Waals surface area contributed by atoms with Crippen LogP contribution in [0.5, 0.6) is 0 Å². The summed E-state index contributed by atoms with van der Waals surface area (Å²) in [6.07, 6.45) is 0.0400. The second kappa shape index (κ2) is 7.35. The molecule has 1 aliphatic heterocycles. The number of ether oxygens (including phenoxy) is 1. The van der Waals surface area contributed by atoms with Gasteiger partial charge in [0.1, 0.15) is 0 Å². The maximum absolute atomic E-state index is 11.4. The summed E-state index contributed by atoms with van der Waals surface area (Å²) < 4.78 is 28.4. The van der Waals surface area contributed by atoms with Crippen LogP contribution in [-0.2, 0) is 21.2 Å². The zero-order valence-electron chi connectivity index (χ0n) is 12.3. The topological polar surface area (TPSA) is 66.8 Å². The van der Waals surface area contributed by atoms with E-state index in [4.69, 9.17) is 4.74 Å². The van der Waals surface area contributed by atoms with Crippen LogP contribution in [0.15, 0.2) is 30.3 Å². The molecule has 1 saturated heterocycles. The van der Waals surface area contributed by atoms with Gasteiger partial charge in [0, 0.05) is 12.6 Å². The van der Waals surface area contributed by atoms with Crippen LogP contribution >= 0.6 is 0 Å². The van der Waals surface area contributed by atoms with Crippen molar-refractivity contribution in [2.24, 2.45) is 0 Å². The molecule has 0 spiro atoms. The molecular formula is C15H23NO4S. The molecule has 2 unspecified atom stereocenters. The lowest BCUT2D eigenvalue weighted by Gasteiger charge is -2.25. The van der Waals surface area contributed by atoms with E-state index < -0.39 is 15.9 Å². The van der Waals surface area contributed by atoms with Crippen LogP contribution in [0.25, 0.3) is 0 Å². The highest BCUT2D eigenvalue weighted by atomic mass is 32.2. The molecule has 0 aromatic heterocycles. The maximum atomic E-state index is 11.4. The predicted molar refractivity (Wildman–Crippen MR) is 81.8 cm³/mol. The molecule has 21 heavy (non-hydrogen) atoms. The Balaban J connectivity index is 1.68. The van der Waals surface area contributed by atoms with Gasteiger partial charge in [0.2, 0.25) is 0 Å². The van der Waals surface area contributed by atoms with E-state index in [-0.39, 0.29) is 24.2 Å². The zero-order chi connectivity index (χ0) is 15.3. The SMILES string of the molecule is CN(CC(O)COCc1ccccc1)C1CCS(=O)(=O)C1. The Hall–Kier alpha value is -0.950. The van der Waals surface area contributed by atoms with Crippen LogP contribution in [0.2, 0.25) is 0 Å². The molecule has 0 amide bonds. The fourth-order valence-corrected chi connectivity index (χ4v) is 4.35. The molecule has 0 saturated carbocycles. The summed E-state index contributed by atoms with van der Waals surface area (Å²) in [5.41, 5.74) is 1.07. The number of aliphatic hydroxyl groups excluding tert-OH is 1. The highest BCUT2D eigenvalue weighted by Gasteiger charge is 2.31. The molecule has 2 atom stereocenters. The minimum atomic E-state index is -2.88. The molecule has 6 heteroatoms. The van der Waals surface area contributed by atoms with Gasteiger partial charge in [-0.3, -0.25) is 4.90 Å². The summed E-state index contributed by atoms with van der Waals surface area (Å²) in [4.78, 5) is 1.92. The number of aliphatic hydroxyl groups is 1. The molecule has 2 rings (SSSR count). The number of nitrogens with zero attached hydrogens (tertiary/aromatic N) is 1. The fourth-order valence-electron chi connectivity index (χ4n) is 2.54. The van der Waals surface area contributed by atoms with Gasteiger partial charge in [-0.05, 0) is 19.0 Å². The van der Waals surface area contributed by atoms with Crippen molar-refractivity contribution >= 4 is 9.84 Å². The third-order valence-electron chi connectivity index (χ3n) is 3.75. The van der Waals surface area contributed by atoms with Gasteiger partial charge >= 0.3 is 0 Å². The van der Waals surface area contributed by atoms with Gasteiger partial charge in [0.05, 0.1) is 30.8 Å². The lowest BCUT2D eigenvalue weighted by atomic mass is 10.2. The number of benzene rings is 1. The normalized spacial score (nSPS) is 22.5. The second-order valence-corrected chi connectivity index (χ2v) is 7.88. The first-order chi connectivity index (χ1) is 9.96. The van der Waals surface area contributed by atoms with Gasteiger partial charge in [0.15, 0.2) is 9.84 Å². The average molecular weight is 313 g/mol. The Kier molecular flexibility index (Phi) is 5.75. The summed E-state index contributed by atoms with van der Waals surface area (Å²) in [5.74, 6) is 0.448. The number of rotatable bonds is 7. The first-order valence-electron chi connectivity index (χ1n) is 7.17. The number of sulfone groups is 1. The minimum Gasteiger partial charge on any atom is -0.389 e. The fraction of sp³-hybridized carbons (Fsp3) is 0.600. The molecule has 1 aliphatic rings. The molecule has 0 bridgehead atoms. The monoisotopic (exact) mass is 313 g/mol. The summed E-state index contributed by atoms with van der Waals surface area (Å²) >= 11 is 0. The Labute approximate surface area is 126 Å². The van der Waals surface area contributed by atoms with Crippen LogP contribution in [0.4, 0.5) is 0 Å². The van der Waals surface area contributed by atoms with Crippen LogP contribution < -0.4 is 0 Å². The highest BCUT2D eigenvalue weighted by Crippen LogP contribution is 2.16. The van der Waals surface area contributed by atoms with E-state index in [0.29, 0.717) is 19.6 Å². The third-order valence-corrected chi connectivity index (χ3v) is 5.50. The van der Waals surface area contributed by atoms with Crippen LogP contribution in [0, 0.1) is 0 Å². The van der Waals surface area contributed by atoms with Gasteiger partial charge in [-0.25, -0.2) is 8.42 Å². The van der Waals surface area contributed by atoms with E-state index >= 15 is 0 Å². The lowest BCUT2D eigenvalue weighted by molar-refractivity contribution is 0.00912. The number of hydrogen-bond acceptors (Lipinski definition) is 5. The Morgan fingerprint density at radius 1 is 1.38 bits per heavy atom. The Morgan fingerprint density at radius 2 is 2.10 bits per heavy atom. The van der Waals surface area contributed by atoms with Crippen molar-refractivity contribution in [3.8, 4) is 0 Å². The molecule has 0 aliphatic carbocycles. The smallest absolute Gasteiger partial charge is 0.151 e. The lowest BCUT2D eigenvalue weighted by Crippen LogP contribution is -2.39. The van der Waals surface area contributed by atoms with E-state index in [0.717, 1.165) is 5.56 Å². The van der Waals surface area contributed by atoms with Crippen LogP contribution in [0.3, 0.4) is 0 Å². The minimum absolute atomic E-state index is 0.0128. The predicted octanol–water partition coefficient (Wildman–Crippen LogP) is 0.683. The van der Waals surface area contributed by atoms with E-state index in [9.17, 15) is 13.5 Å². The van der Waals surface area contributed by atoms with Crippen LogP contribution in [-0.4, -0.2) is 62.3 Å². The molecule has 1 aromatic rings. The van der Waals surface area contributed by atoms with Gasteiger partial charge in [-0.15, -0.1) is 0 Å². The Morgan fingerprint density at radius 3 is 2.71 bits per heavy atom. The molecule has 118 valence electrons. The van der Waals surface area contributed by atoms with Gasteiger partial charge in [0.25, 0.3) is 0 Å². The van der Waals surface area contributed by atoms with Crippen molar-refractivity contribution in [1.82, 2.24) is 4.90 Å². The molecular weight excluding hydrogens is 290 g/mol. The Bertz CT molecular complexity index is 532. The first kappa shape index (κ1) is 16.4. The highest BCUT2D eigenvalue weighted by molar-refractivity contribution is 7.91.